The Bertz CT molecular complexity index is 909. The SMILES string of the molecule is CCc1ccc(-n2nc(-c3c(Cl)cccc3Cl)c3c2NCCCC3)cc1. The molecule has 1 N–H and O–H groups in total. The van der Waals surface area contributed by atoms with Crippen LogP contribution in [0.1, 0.15) is 30.9 Å². The zero-order valence-electron chi connectivity index (χ0n) is 14.7. The number of halogens is 2. The van der Waals surface area contributed by atoms with Gasteiger partial charge in [0.05, 0.1) is 15.7 Å². The van der Waals surface area contributed by atoms with E-state index in [1.54, 1.807) is 0 Å². The smallest absolute Gasteiger partial charge is 0.133 e. The first-order valence-electron chi connectivity index (χ1n) is 9.08. The minimum atomic E-state index is 0.635. The van der Waals surface area contributed by atoms with Gasteiger partial charge in [0.1, 0.15) is 11.5 Å². The maximum Gasteiger partial charge on any atom is 0.133 e. The second-order valence-corrected chi connectivity index (χ2v) is 7.40. The van der Waals surface area contributed by atoms with E-state index in [0.717, 1.165) is 55.0 Å². The molecule has 134 valence electrons. The van der Waals surface area contributed by atoms with Gasteiger partial charge in [-0.05, 0) is 55.5 Å². The maximum atomic E-state index is 6.49. The van der Waals surface area contributed by atoms with Crippen LogP contribution in [0.4, 0.5) is 5.82 Å². The molecule has 3 nitrogen and oxygen atoms in total. The molecule has 0 aliphatic carbocycles. The number of nitrogens with one attached hydrogen (secondary N) is 1. The van der Waals surface area contributed by atoms with Crippen LogP contribution in [0.5, 0.6) is 0 Å². The fourth-order valence-electron chi connectivity index (χ4n) is 3.49. The number of benzene rings is 2. The maximum absolute atomic E-state index is 6.49. The van der Waals surface area contributed by atoms with Crippen molar-refractivity contribution >= 4 is 29.0 Å². The highest BCUT2D eigenvalue weighted by atomic mass is 35.5. The van der Waals surface area contributed by atoms with E-state index in [2.05, 4.69) is 36.5 Å². The number of hydrogen-bond donors (Lipinski definition) is 1. The zero-order valence-corrected chi connectivity index (χ0v) is 16.2. The van der Waals surface area contributed by atoms with Crippen molar-refractivity contribution in [2.45, 2.75) is 32.6 Å². The van der Waals surface area contributed by atoms with Crippen LogP contribution < -0.4 is 5.32 Å². The van der Waals surface area contributed by atoms with Gasteiger partial charge in [0.15, 0.2) is 0 Å². The van der Waals surface area contributed by atoms with Crippen molar-refractivity contribution in [1.29, 1.82) is 0 Å². The Morgan fingerprint density at radius 2 is 1.77 bits per heavy atom. The summed E-state index contributed by atoms with van der Waals surface area (Å²) in [5, 5.41) is 9.77. The Morgan fingerprint density at radius 3 is 2.46 bits per heavy atom. The highest BCUT2D eigenvalue weighted by Crippen LogP contribution is 2.40. The number of fused-ring (bicyclic) bond motifs is 1. The van der Waals surface area contributed by atoms with Gasteiger partial charge in [-0.2, -0.15) is 5.10 Å². The first-order chi connectivity index (χ1) is 12.7. The number of anilines is 1. The van der Waals surface area contributed by atoms with Gasteiger partial charge < -0.3 is 5.32 Å². The first kappa shape index (κ1) is 17.4. The Hall–Kier alpha value is -1.97. The van der Waals surface area contributed by atoms with E-state index >= 15 is 0 Å². The lowest BCUT2D eigenvalue weighted by atomic mass is 10.0. The molecule has 0 amide bonds. The first-order valence-corrected chi connectivity index (χ1v) is 9.84. The third-order valence-electron chi connectivity index (χ3n) is 4.92. The predicted octanol–water partition coefficient (Wildman–Crippen LogP) is 6.16. The average molecular weight is 386 g/mol. The number of aryl methyl sites for hydroxylation is 1. The summed E-state index contributed by atoms with van der Waals surface area (Å²) in [6.07, 6.45) is 4.25. The van der Waals surface area contributed by atoms with E-state index in [1.807, 2.05) is 22.9 Å². The molecule has 0 spiro atoms. The molecule has 1 aliphatic rings. The molecule has 1 aromatic heterocycles. The fourth-order valence-corrected chi connectivity index (χ4v) is 4.06. The van der Waals surface area contributed by atoms with E-state index in [4.69, 9.17) is 28.3 Å². The zero-order chi connectivity index (χ0) is 18.1. The molecule has 0 radical (unpaired) electrons. The molecule has 4 rings (SSSR count). The lowest BCUT2D eigenvalue weighted by molar-refractivity contribution is 0.780. The lowest BCUT2D eigenvalue weighted by Gasteiger charge is -2.09. The molecule has 0 fully saturated rings. The second-order valence-electron chi connectivity index (χ2n) is 6.59. The quantitative estimate of drug-likeness (QED) is 0.585. The second kappa shape index (κ2) is 7.34. The Morgan fingerprint density at radius 1 is 1.04 bits per heavy atom. The minimum Gasteiger partial charge on any atom is -0.370 e. The van der Waals surface area contributed by atoms with Crippen LogP contribution in [0, 0.1) is 0 Å². The van der Waals surface area contributed by atoms with Crippen molar-refractivity contribution in [3.05, 3.63) is 63.6 Å². The van der Waals surface area contributed by atoms with Gasteiger partial charge in [0, 0.05) is 17.7 Å². The molecule has 1 aliphatic heterocycles. The van der Waals surface area contributed by atoms with Crippen LogP contribution in [0.15, 0.2) is 42.5 Å². The lowest BCUT2D eigenvalue weighted by Crippen LogP contribution is -2.07. The van der Waals surface area contributed by atoms with Gasteiger partial charge in [-0.25, -0.2) is 4.68 Å². The highest BCUT2D eigenvalue weighted by molar-refractivity contribution is 6.39. The standard InChI is InChI=1S/C21H21Cl2N3/c1-2-14-9-11-15(12-10-14)26-21-16(6-3-4-13-24-21)20(25-26)19-17(22)7-5-8-18(19)23/h5,7-12,24H,2-4,6,13H2,1H3. The van der Waals surface area contributed by atoms with Crippen molar-refractivity contribution in [2.24, 2.45) is 0 Å². The number of nitrogens with zero attached hydrogens (tertiary/aromatic N) is 2. The molecular formula is C21H21Cl2N3. The molecule has 0 atom stereocenters. The molecule has 3 aromatic rings. The normalized spacial score (nSPS) is 13.8. The van der Waals surface area contributed by atoms with E-state index in [-0.39, 0.29) is 0 Å². The summed E-state index contributed by atoms with van der Waals surface area (Å²) < 4.78 is 2.00. The summed E-state index contributed by atoms with van der Waals surface area (Å²) in [5.74, 6) is 1.05. The predicted molar refractivity (Wildman–Crippen MR) is 110 cm³/mol. The average Bonchev–Trinajstić information content (AvgIpc) is 2.83. The summed E-state index contributed by atoms with van der Waals surface area (Å²) in [5.41, 5.74) is 5.25. The molecule has 0 bridgehead atoms. The topological polar surface area (TPSA) is 29.9 Å². The van der Waals surface area contributed by atoms with Crippen molar-refractivity contribution < 1.29 is 0 Å². The van der Waals surface area contributed by atoms with Crippen LogP contribution in [-0.2, 0) is 12.8 Å². The third kappa shape index (κ3) is 3.10. The monoisotopic (exact) mass is 385 g/mol. The van der Waals surface area contributed by atoms with Crippen LogP contribution >= 0.6 is 23.2 Å². The molecule has 0 unspecified atom stereocenters. The van der Waals surface area contributed by atoms with Crippen molar-refractivity contribution in [3.63, 3.8) is 0 Å². The molecule has 26 heavy (non-hydrogen) atoms. The van der Waals surface area contributed by atoms with Gasteiger partial charge in [-0.1, -0.05) is 48.3 Å². The number of aromatic nitrogens is 2. The van der Waals surface area contributed by atoms with E-state index in [0.29, 0.717) is 10.0 Å². The van der Waals surface area contributed by atoms with Crippen molar-refractivity contribution in [2.75, 3.05) is 11.9 Å². The van der Waals surface area contributed by atoms with E-state index in [1.165, 1.54) is 11.1 Å². The van der Waals surface area contributed by atoms with Crippen LogP contribution in [0.3, 0.4) is 0 Å². The Balaban J connectivity index is 1.92. The Labute approximate surface area is 163 Å². The third-order valence-corrected chi connectivity index (χ3v) is 5.55. The van der Waals surface area contributed by atoms with Crippen molar-refractivity contribution in [3.8, 4) is 16.9 Å². The van der Waals surface area contributed by atoms with Crippen LogP contribution in [0.25, 0.3) is 16.9 Å². The summed E-state index contributed by atoms with van der Waals surface area (Å²) in [7, 11) is 0. The molecule has 5 heteroatoms. The molecular weight excluding hydrogens is 365 g/mol. The van der Waals surface area contributed by atoms with Crippen LogP contribution in [-0.4, -0.2) is 16.3 Å². The summed E-state index contributed by atoms with van der Waals surface area (Å²) >= 11 is 13.0. The van der Waals surface area contributed by atoms with Crippen molar-refractivity contribution in [1.82, 2.24) is 9.78 Å². The molecule has 2 heterocycles. The fraction of sp³-hybridized carbons (Fsp3) is 0.286. The van der Waals surface area contributed by atoms with E-state index in [9.17, 15) is 0 Å². The van der Waals surface area contributed by atoms with Gasteiger partial charge in [0.2, 0.25) is 0 Å². The van der Waals surface area contributed by atoms with Gasteiger partial charge in [0.25, 0.3) is 0 Å². The highest BCUT2D eigenvalue weighted by Gasteiger charge is 2.24. The number of hydrogen-bond acceptors (Lipinski definition) is 2. The summed E-state index contributed by atoms with van der Waals surface area (Å²) in [6, 6.07) is 14.2. The van der Waals surface area contributed by atoms with Crippen LogP contribution in [0.2, 0.25) is 10.0 Å². The largest absolute Gasteiger partial charge is 0.370 e. The van der Waals surface area contributed by atoms with E-state index < -0.39 is 0 Å². The molecule has 0 saturated carbocycles. The summed E-state index contributed by atoms with van der Waals surface area (Å²) in [4.78, 5) is 0. The van der Waals surface area contributed by atoms with Gasteiger partial charge >= 0.3 is 0 Å². The number of rotatable bonds is 3. The molecule has 2 aromatic carbocycles. The molecule has 0 saturated heterocycles. The minimum absolute atomic E-state index is 0.635. The van der Waals surface area contributed by atoms with Gasteiger partial charge in [-0.15, -0.1) is 0 Å². The summed E-state index contributed by atoms with van der Waals surface area (Å²) in [6.45, 7) is 3.11. The Kier molecular flexibility index (Phi) is 4.92. The van der Waals surface area contributed by atoms with Gasteiger partial charge in [-0.3, -0.25) is 0 Å².